The van der Waals surface area contributed by atoms with E-state index in [2.05, 4.69) is 10.3 Å². The number of aromatic nitrogens is 1. The molecule has 0 saturated carbocycles. The number of nitrogens with zero attached hydrogens (tertiary/aromatic N) is 1. The highest BCUT2D eigenvalue weighted by atomic mass is 35.5. The van der Waals surface area contributed by atoms with E-state index in [0.29, 0.717) is 36.1 Å². The van der Waals surface area contributed by atoms with Crippen molar-refractivity contribution in [1.82, 2.24) is 10.3 Å². The zero-order valence-electron chi connectivity index (χ0n) is 13.0. The van der Waals surface area contributed by atoms with Crippen molar-refractivity contribution < 1.29 is 9.21 Å². The van der Waals surface area contributed by atoms with Crippen LogP contribution in [-0.2, 0) is 17.8 Å². The summed E-state index contributed by atoms with van der Waals surface area (Å²) >= 11 is 6.07. The lowest BCUT2D eigenvalue weighted by atomic mass is 10.2. The molecule has 0 bridgehead atoms. The fourth-order valence-corrected chi connectivity index (χ4v) is 2.51. The van der Waals surface area contributed by atoms with Crippen molar-refractivity contribution in [2.24, 2.45) is 0 Å². The maximum absolute atomic E-state index is 12.0. The molecule has 3 aromatic rings. The highest BCUT2D eigenvalue weighted by Gasteiger charge is 2.09. The first-order chi connectivity index (χ1) is 11.7. The summed E-state index contributed by atoms with van der Waals surface area (Å²) in [6.07, 6.45) is 2.46. The van der Waals surface area contributed by atoms with Gasteiger partial charge in [0.05, 0.1) is 6.20 Å². The first kappa shape index (κ1) is 16.3. The summed E-state index contributed by atoms with van der Waals surface area (Å²) < 4.78 is 5.69. The van der Waals surface area contributed by atoms with Crippen molar-refractivity contribution in [3.63, 3.8) is 0 Å². The predicted molar refractivity (Wildman–Crippen MR) is 93.6 cm³/mol. The molecule has 0 unspecified atom stereocenters. The highest BCUT2D eigenvalue weighted by molar-refractivity contribution is 6.31. The maximum atomic E-state index is 12.0. The molecule has 4 nitrogen and oxygen atoms in total. The summed E-state index contributed by atoms with van der Waals surface area (Å²) in [6.45, 7) is 0.416. The molecule has 1 N–H and O–H groups in total. The van der Waals surface area contributed by atoms with Gasteiger partial charge in [-0.2, -0.15) is 0 Å². The Labute approximate surface area is 145 Å². The molecule has 0 aliphatic heterocycles. The second-order valence-corrected chi connectivity index (χ2v) is 5.76. The summed E-state index contributed by atoms with van der Waals surface area (Å²) in [6, 6.07) is 17.2. The van der Waals surface area contributed by atoms with Crippen molar-refractivity contribution in [1.29, 1.82) is 0 Å². The summed E-state index contributed by atoms with van der Waals surface area (Å²) in [5.41, 5.74) is 1.87. The van der Waals surface area contributed by atoms with E-state index in [0.717, 1.165) is 11.1 Å². The Bertz CT molecular complexity index is 815. The number of rotatable bonds is 6. The molecule has 0 saturated heterocycles. The normalized spacial score (nSPS) is 10.5. The van der Waals surface area contributed by atoms with E-state index in [1.54, 1.807) is 12.3 Å². The minimum atomic E-state index is -0.0608. The van der Waals surface area contributed by atoms with Gasteiger partial charge < -0.3 is 9.73 Å². The Morgan fingerprint density at radius 1 is 1.08 bits per heavy atom. The van der Waals surface area contributed by atoms with Crippen molar-refractivity contribution in [2.45, 2.75) is 19.4 Å². The number of amides is 1. The Hall–Kier alpha value is -2.59. The molecule has 0 fully saturated rings. The van der Waals surface area contributed by atoms with E-state index in [1.807, 2.05) is 48.5 Å². The van der Waals surface area contributed by atoms with Gasteiger partial charge in [-0.05, 0) is 11.6 Å². The fraction of sp³-hybridized carbons (Fsp3) is 0.158. The van der Waals surface area contributed by atoms with Crippen LogP contribution in [0.15, 0.2) is 65.2 Å². The molecule has 0 radical (unpaired) electrons. The van der Waals surface area contributed by atoms with Gasteiger partial charge in [-0.1, -0.05) is 60.1 Å². The minimum Gasteiger partial charge on any atom is -0.441 e. The van der Waals surface area contributed by atoms with Crippen LogP contribution in [0, 0.1) is 0 Å². The summed E-state index contributed by atoms with van der Waals surface area (Å²) in [5.74, 6) is 1.21. The molecule has 2 aromatic carbocycles. The third-order valence-electron chi connectivity index (χ3n) is 3.61. The van der Waals surface area contributed by atoms with Crippen LogP contribution in [0.25, 0.3) is 11.3 Å². The Morgan fingerprint density at radius 2 is 1.83 bits per heavy atom. The van der Waals surface area contributed by atoms with Crippen molar-refractivity contribution in [3.8, 4) is 11.3 Å². The monoisotopic (exact) mass is 340 g/mol. The molecular weight excluding hydrogens is 324 g/mol. The molecule has 122 valence electrons. The second kappa shape index (κ2) is 7.79. The first-order valence-electron chi connectivity index (χ1n) is 7.72. The minimum absolute atomic E-state index is 0.0608. The van der Waals surface area contributed by atoms with Crippen molar-refractivity contribution in [3.05, 3.63) is 77.3 Å². The van der Waals surface area contributed by atoms with Crippen LogP contribution < -0.4 is 5.32 Å². The van der Waals surface area contributed by atoms with E-state index < -0.39 is 0 Å². The fourth-order valence-electron chi connectivity index (χ4n) is 2.31. The zero-order chi connectivity index (χ0) is 16.8. The van der Waals surface area contributed by atoms with E-state index in [4.69, 9.17) is 16.0 Å². The predicted octanol–water partition coefficient (Wildman–Crippen LogP) is 4.24. The SMILES string of the molecule is O=C(CCc1ncc(-c2ccccc2)o1)NCc1ccccc1Cl. The molecule has 24 heavy (non-hydrogen) atoms. The quantitative estimate of drug-likeness (QED) is 0.730. The van der Waals surface area contributed by atoms with Gasteiger partial charge in [-0.25, -0.2) is 4.98 Å². The Morgan fingerprint density at radius 3 is 2.62 bits per heavy atom. The number of nitrogens with one attached hydrogen (secondary N) is 1. The number of oxazole rings is 1. The molecule has 1 aromatic heterocycles. The molecular formula is C19H17ClN2O2. The smallest absolute Gasteiger partial charge is 0.220 e. The van der Waals surface area contributed by atoms with Gasteiger partial charge >= 0.3 is 0 Å². The van der Waals surface area contributed by atoms with E-state index in [1.165, 1.54) is 0 Å². The van der Waals surface area contributed by atoms with E-state index >= 15 is 0 Å². The van der Waals surface area contributed by atoms with Crippen LogP contribution in [0.5, 0.6) is 0 Å². The molecule has 5 heteroatoms. The van der Waals surface area contributed by atoms with Gasteiger partial charge in [0.15, 0.2) is 11.7 Å². The lowest BCUT2D eigenvalue weighted by molar-refractivity contribution is -0.121. The lowest BCUT2D eigenvalue weighted by Crippen LogP contribution is -2.23. The third-order valence-corrected chi connectivity index (χ3v) is 3.98. The highest BCUT2D eigenvalue weighted by Crippen LogP contribution is 2.20. The van der Waals surface area contributed by atoms with E-state index in [-0.39, 0.29) is 5.91 Å². The van der Waals surface area contributed by atoms with Gasteiger partial charge in [0, 0.05) is 30.0 Å². The molecule has 0 aliphatic rings. The lowest BCUT2D eigenvalue weighted by Gasteiger charge is -2.06. The van der Waals surface area contributed by atoms with Crippen molar-refractivity contribution >= 4 is 17.5 Å². The average Bonchev–Trinajstić information content (AvgIpc) is 3.09. The Balaban J connectivity index is 1.50. The average molecular weight is 341 g/mol. The van der Waals surface area contributed by atoms with Crippen LogP contribution in [0.3, 0.4) is 0 Å². The number of carbonyl (C=O) groups is 1. The van der Waals surface area contributed by atoms with Crippen LogP contribution >= 0.6 is 11.6 Å². The van der Waals surface area contributed by atoms with Gasteiger partial charge in [-0.15, -0.1) is 0 Å². The molecule has 1 heterocycles. The molecule has 0 aliphatic carbocycles. The third kappa shape index (κ3) is 4.24. The molecule has 0 spiro atoms. The largest absolute Gasteiger partial charge is 0.441 e. The summed E-state index contributed by atoms with van der Waals surface area (Å²) in [7, 11) is 0. The van der Waals surface area contributed by atoms with E-state index in [9.17, 15) is 4.79 Å². The number of halogens is 1. The number of hydrogen-bond acceptors (Lipinski definition) is 3. The van der Waals surface area contributed by atoms with Crippen molar-refractivity contribution in [2.75, 3.05) is 0 Å². The molecule has 3 rings (SSSR count). The van der Waals surface area contributed by atoms with Crippen LogP contribution in [0.4, 0.5) is 0 Å². The van der Waals surface area contributed by atoms with Crippen LogP contribution in [-0.4, -0.2) is 10.9 Å². The van der Waals surface area contributed by atoms with Crippen LogP contribution in [0.1, 0.15) is 17.9 Å². The second-order valence-electron chi connectivity index (χ2n) is 5.35. The summed E-state index contributed by atoms with van der Waals surface area (Å²) in [5, 5.41) is 3.51. The first-order valence-corrected chi connectivity index (χ1v) is 8.10. The number of aryl methyl sites for hydroxylation is 1. The number of benzene rings is 2. The zero-order valence-corrected chi connectivity index (χ0v) is 13.8. The Kier molecular flexibility index (Phi) is 5.29. The summed E-state index contributed by atoms with van der Waals surface area (Å²) in [4.78, 5) is 16.2. The molecule has 0 atom stereocenters. The van der Waals surface area contributed by atoms with Gasteiger partial charge in [0.25, 0.3) is 0 Å². The van der Waals surface area contributed by atoms with Gasteiger partial charge in [0.2, 0.25) is 5.91 Å². The van der Waals surface area contributed by atoms with Crippen LogP contribution in [0.2, 0.25) is 5.02 Å². The topological polar surface area (TPSA) is 55.1 Å². The standard InChI is InChI=1S/C19H17ClN2O2/c20-16-9-5-4-8-15(16)12-21-18(23)10-11-19-22-13-17(24-19)14-6-2-1-3-7-14/h1-9,13H,10-12H2,(H,21,23). The molecule has 1 amide bonds. The van der Waals surface area contributed by atoms with Gasteiger partial charge in [0.1, 0.15) is 0 Å². The van der Waals surface area contributed by atoms with Gasteiger partial charge in [-0.3, -0.25) is 4.79 Å². The maximum Gasteiger partial charge on any atom is 0.220 e. The number of carbonyl (C=O) groups excluding carboxylic acids is 1. The number of hydrogen-bond donors (Lipinski definition) is 1.